The molecule has 2 aromatic heterocycles. The van der Waals surface area contributed by atoms with Crippen molar-refractivity contribution in [2.75, 3.05) is 33.4 Å². The molecule has 0 saturated carbocycles. The molecule has 2 aromatic rings. The fourth-order valence-corrected chi connectivity index (χ4v) is 3.14. The van der Waals surface area contributed by atoms with E-state index in [1.807, 2.05) is 24.3 Å². The van der Waals surface area contributed by atoms with Crippen LogP contribution in [0.25, 0.3) is 0 Å². The summed E-state index contributed by atoms with van der Waals surface area (Å²) in [4.78, 5) is 25.3. The summed E-state index contributed by atoms with van der Waals surface area (Å²) in [6.45, 7) is 3.09. The number of carbonyl (C=O) groups excluding carboxylic acids is 1. The lowest BCUT2D eigenvalue weighted by Gasteiger charge is -2.35. The first-order valence-corrected chi connectivity index (χ1v) is 8.60. The molecule has 0 N–H and O–H groups in total. The minimum Gasteiger partial charge on any atom is -0.379 e. The normalized spacial score (nSPS) is 16.4. The van der Waals surface area contributed by atoms with E-state index < -0.39 is 0 Å². The average Bonchev–Trinajstić information content (AvgIpc) is 2.65. The van der Waals surface area contributed by atoms with Gasteiger partial charge in [0.15, 0.2) is 0 Å². The van der Waals surface area contributed by atoms with E-state index >= 15 is 0 Å². The molecule has 7 heteroatoms. The van der Waals surface area contributed by atoms with Crippen molar-refractivity contribution in [1.29, 1.82) is 0 Å². The second-order valence-corrected chi connectivity index (χ2v) is 6.34. The third-order valence-corrected chi connectivity index (χ3v) is 4.61. The van der Waals surface area contributed by atoms with Crippen LogP contribution in [0.4, 0.5) is 0 Å². The first-order chi connectivity index (χ1) is 12.2. The van der Waals surface area contributed by atoms with Crippen LogP contribution in [0.15, 0.2) is 42.9 Å². The molecule has 1 fully saturated rings. The number of hydrogen-bond donors (Lipinski definition) is 0. The van der Waals surface area contributed by atoms with E-state index in [9.17, 15) is 4.79 Å². The second kappa shape index (κ2) is 8.38. The van der Waals surface area contributed by atoms with Crippen LogP contribution in [0.3, 0.4) is 0 Å². The van der Waals surface area contributed by atoms with Crippen LogP contribution in [0.5, 0.6) is 0 Å². The summed E-state index contributed by atoms with van der Waals surface area (Å²) < 4.78 is 5.43. The maximum absolute atomic E-state index is 13.2. The molecule has 1 aliphatic heterocycles. The smallest absolute Gasteiger partial charge is 0.244 e. The lowest BCUT2D eigenvalue weighted by atomic mass is 10.1. The predicted molar refractivity (Wildman–Crippen MR) is 95.1 cm³/mol. The first kappa shape index (κ1) is 17.8. The van der Waals surface area contributed by atoms with Crippen LogP contribution in [-0.2, 0) is 16.1 Å². The SMILES string of the molecule is CN(Cc1cccnc1Cl)C(=O)C(c1cccnc1)N1CCOCC1. The Labute approximate surface area is 152 Å². The average molecular weight is 361 g/mol. The molecule has 3 rings (SSSR count). The molecule has 25 heavy (non-hydrogen) atoms. The number of aromatic nitrogens is 2. The zero-order chi connectivity index (χ0) is 17.6. The molecular weight excluding hydrogens is 340 g/mol. The Morgan fingerprint density at radius 3 is 2.76 bits per heavy atom. The van der Waals surface area contributed by atoms with Gasteiger partial charge in [-0.05, 0) is 17.7 Å². The third kappa shape index (κ3) is 4.34. The molecular formula is C18H21ClN4O2. The molecule has 0 bridgehead atoms. The minimum atomic E-state index is -0.377. The zero-order valence-corrected chi connectivity index (χ0v) is 14.9. The molecule has 1 atom stereocenters. The van der Waals surface area contributed by atoms with Crippen LogP contribution in [0.1, 0.15) is 17.2 Å². The van der Waals surface area contributed by atoms with Crippen molar-refractivity contribution in [1.82, 2.24) is 19.8 Å². The number of morpholine rings is 1. The monoisotopic (exact) mass is 360 g/mol. The number of carbonyl (C=O) groups is 1. The topological polar surface area (TPSA) is 58.6 Å². The van der Waals surface area contributed by atoms with Crippen molar-refractivity contribution in [3.63, 3.8) is 0 Å². The Hall–Kier alpha value is -2.02. The summed E-state index contributed by atoms with van der Waals surface area (Å²) >= 11 is 6.13. The van der Waals surface area contributed by atoms with E-state index in [4.69, 9.17) is 16.3 Å². The Kier molecular flexibility index (Phi) is 5.96. The van der Waals surface area contributed by atoms with Gasteiger partial charge in [-0.15, -0.1) is 0 Å². The Morgan fingerprint density at radius 1 is 1.32 bits per heavy atom. The van der Waals surface area contributed by atoms with Gasteiger partial charge >= 0.3 is 0 Å². The molecule has 0 aliphatic carbocycles. The van der Waals surface area contributed by atoms with Crippen molar-refractivity contribution >= 4 is 17.5 Å². The quantitative estimate of drug-likeness (QED) is 0.765. The van der Waals surface area contributed by atoms with Crippen molar-refractivity contribution in [2.24, 2.45) is 0 Å². The van der Waals surface area contributed by atoms with Gasteiger partial charge in [0.05, 0.1) is 13.2 Å². The fourth-order valence-electron chi connectivity index (χ4n) is 2.96. The first-order valence-electron chi connectivity index (χ1n) is 8.23. The summed E-state index contributed by atoms with van der Waals surface area (Å²) in [7, 11) is 1.79. The van der Waals surface area contributed by atoms with Gasteiger partial charge in [-0.2, -0.15) is 0 Å². The van der Waals surface area contributed by atoms with Crippen molar-refractivity contribution in [2.45, 2.75) is 12.6 Å². The van der Waals surface area contributed by atoms with Crippen LogP contribution in [0, 0.1) is 0 Å². The number of ether oxygens (including phenoxy) is 1. The molecule has 132 valence electrons. The van der Waals surface area contributed by atoms with Crippen molar-refractivity contribution < 1.29 is 9.53 Å². The van der Waals surface area contributed by atoms with Gasteiger partial charge in [-0.3, -0.25) is 14.7 Å². The van der Waals surface area contributed by atoms with Crippen molar-refractivity contribution in [3.8, 4) is 0 Å². The number of pyridine rings is 2. The third-order valence-electron chi connectivity index (χ3n) is 4.26. The highest BCUT2D eigenvalue weighted by Gasteiger charge is 2.31. The second-order valence-electron chi connectivity index (χ2n) is 5.98. The molecule has 3 heterocycles. The summed E-state index contributed by atoms with van der Waals surface area (Å²) in [6.07, 6.45) is 5.10. The number of hydrogen-bond acceptors (Lipinski definition) is 5. The lowest BCUT2D eigenvalue weighted by Crippen LogP contribution is -2.46. The summed E-state index contributed by atoms with van der Waals surface area (Å²) in [5.74, 6) is 0.00909. The van der Waals surface area contributed by atoms with Gasteiger partial charge in [0.1, 0.15) is 11.2 Å². The molecule has 0 aromatic carbocycles. The highest BCUT2D eigenvalue weighted by atomic mass is 35.5. The van der Waals surface area contributed by atoms with Gasteiger partial charge in [0, 0.05) is 50.8 Å². The number of nitrogens with zero attached hydrogens (tertiary/aromatic N) is 4. The molecule has 1 aliphatic rings. The van der Waals surface area contributed by atoms with E-state index in [-0.39, 0.29) is 11.9 Å². The van der Waals surface area contributed by atoms with Crippen LogP contribution in [-0.4, -0.2) is 59.0 Å². The van der Waals surface area contributed by atoms with E-state index in [0.717, 1.165) is 11.1 Å². The van der Waals surface area contributed by atoms with Gasteiger partial charge in [-0.1, -0.05) is 23.7 Å². The van der Waals surface area contributed by atoms with Gasteiger partial charge < -0.3 is 9.64 Å². The lowest BCUT2D eigenvalue weighted by molar-refractivity contribution is -0.138. The molecule has 6 nitrogen and oxygen atoms in total. The highest BCUT2D eigenvalue weighted by molar-refractivity contribution is 6.30. The van der Waals surface area contributed by atoms with E-state index in [0.29, 0.717) is 38.0 Å². The zero-order valence-electron chi connectivity index (χ0n) is 14.1. The Morgan fingerprint density at radius 2 is 2.08 bits per heavy atom. The number of halogens is 1. The van der Waals surface area contributed by atoms with Crippen molar-refractivity contribution in [3.05, 3.63) is 59.1 Å². The molecule has 1 saturated heterocycles. The Bertz CT molecular complexity index is 707. The van der Waals surface area contributed by atoms with E-state index in [2.05, 4.69) is 14.9 Å². The van der Waals surface area contributed by atoms with E-state index in [1.165, 1.54) is 0 Å². The van der Waals surface area contributed by atoms with E-state index in [1.54, 1.807) is 30.5 Å². The van der Waals surface area contributed by atoms with Crippen LogP contribution in [0.2, 0.25) is 5.15 Å². The molecule has 0 radical (unpaired) electrons. The number of amides is 1. The molecule has 0 spiro atoms. The van der Waals surface area contributed by atoms with Gasteiger partial charge in [0.2, 0.25) is 5.91 Å². The summed E-state index contributed by atoms with van der Waals surface area (Å²) in [5.41, 5.74) is 1.71. The summed E-state index contributed by atoms with van der Waals surface area (Å²) in [5, 5.41) is 0.423. The van der Waals surface area contributed by atoms with Crippen LogP contribution >= 0.6 is 11.6 Å². The summed E-state index contributed by atoms with van der Waals surface area (Å²) in [6, 6.07) is 7.12. The number of rotatable bonds is 5. The molecule has 1 amide bonds. The predicted octanol–water partition coefficient (Wildman–Crippen LogP) is 2.16. The largest absolute Gasteiger partial charge is 0.379 e. The minimum absolute atomic E-state index is 0.00909. The highest BCUT2D eigenvalue weighted by Crippen LogP contribution is 2.24. The maximum atomic E-state index is 13.2. The van der Waals surface area contributed by atoms with Gasteiger partial charge in [-0.25, -0.2) is 4.98 Å². The standard InChI is InChI=1S/C18H21ClN4O2/c1-22(13-15-5-3-7-21-17(15)19)18(24)16(14-4-2-6-20-12-14)23-8-10-25-11-9-23/h2-7,12,16H,8-11,13H2,1H3. The maximum Gasteiger partial charge on any atom is 0.244 e. The molecule has 1 unspecified atom stereocenters. The van der Waals surface area contributed by atoms with Crippen LogP contribution < -0.4 is 0 Å². The Balaban J connectivity index is 1.82. The fraction of sp³-hybridized carbons (Fsp3) is 0.389. The number of likely N-dealkylation sites (N-methyl/N-ethyl adjacent to an activating group) is 1. The van der Waals surface area contributed by atoms with Gasteiger partial charge in [0.25, 0.3) is 0 Å².